The molecule has 4 nitrogen and oxygen atoms in total. The van der Waals surface area contributed by atoms with Crippen LogP contribution in [0.3, 0.4) is 0 Å². The number of aliphatic hydroxyl groups is 1. The second kappa shape index (κ2) is 2.92. The molecule has 0 unspecified atom stereocenters. The van der Waals surface area contributed by atoms with Gasteiger partial charge in [-0.3, -0.25) is 0 Å². The molecule has 76 valence electrons. The van der Waals surface area contributed by atoms with Gasteiger partial charge in [0.25, 0.3) is 0 Å². The highest BCUT2D eigenvalue weighted by Gasteiger charge is 2.34. The summed E-state index contributed by atoms with van der Waals surface area (Å²) in [5.74, 6) is 0. The number of imidazole rings is 1. The standard InChI is InChI=1S/C6H4F3N3OS/c7-6(8,9)3-1-12-5(10-3)14-4(2-13)11-12/h1,13H,2H2. The predicted molar refractivity (Wildman–Crippen MR) is 41.8 cm³/mol. The summed E-state index contributed by atoms with van der Waals surface area (Å²) in [6.45, 7) is -0.296. The first-order chi connectivity index (χ1) is 6.50. The maximum absolute atomic E-state index is 12.1. The van der Waals surface area contributed by atoms with Crippen molar-refractivity contribution in [3.8, 4) is 0 Å². The van der Waals surface area contributed by atoms with Crippen LogP contribution in [-0.4, -0.2) is 19.7 Å². The zero-order valence-corrected chi connectivity index (χ0v) is 7.43. The van der Waals surface area contributed by atoms with Crippen molar-refractivity contribution in [3.63, 3.8) is 0 Å². The summed E-state index contributed by atoms with van der Waals surface area (Å²) in [4.78, 5) is 3.46. The lowest BCUT2D eigenvalue weighted by Gasteiger charge is -1.98. The van der Waals surface area contributed by atoms with Gasteiger partial charge in [-0.1, -0.05) is 11.3 Å². The summed E-state index contributed by atoms with van der Waals surface area (Å²) in [7, 11) is 0. The lowest BCUT2D eigenvalue weighted by Crippen LogP contribution is -2.04. The molecule has 0 aliphatic carbocycles. The highest BCUT2D eigenvalue weighted by atomic mass is 32.1. The number of fused-ring (bicyclic) bond motifs is 1. The van der Waals surface area contributed by atoms with Crippen molar-refractivity contribution in [2.24, 2.45) is 0 Å². The van der Waals surface area contributed by atoms with Crippen LogP contribution in [0.2, 0.25) is 0 Å². The molecule has 0 atom stereocenters. The topological polar surface area (TPSA) is 50.4 Å². The molecule has 2 aromatic rings. The maximum atomic E-state index is 12.1. The molecule has 0 saturated heterocycles. The lowest BCUT2D eigenvalue weighted by atomic mass is 10.5. The van der Waals surface area contributed by atoms with Gasteiger partial charge in [0.2, 0.25) is 4.96 Å². The first-order valence-electron chi connectivity index (χ1n) is 3.54. The van der Waals surface area contributed by atoms with Gasteiger partial charge < -0.3 is 5.11 Å². The van der Waals surface area contributed by atoms with Crippen LogP contribution in [0.5, 0.6) is 0 Å². The Hall–Kier alpha value is -1.15. The number of rotatable bonds is 1. The van der Waals surface area contributed by atoms with E-state index in [1.54, 1.807) is 0 Å². The van der Waals surface area contributed by atoms with Crippen molar-refractivity contribution < 1.29 is 18.3 Å². The number of alkyl halides is 3. The minimum atomic E-state index is -4.45. The van der Waals surface area contributed by atoms with E-state index in [0.29, 0.717) is 5.01 Å². The van der Waals surface area contributed by atoms with Crippen LogP contribution >= 0.6 is 11.3 Å². The van der Waals surface area contributed by atoms with Gasteiger partial charge in [0.15, 0.2) is 5.69 Å². The monoisotopic (exact) mass is 223 g/mol. The zero-order valence-electron chi connectivity index (χ0n) is 6.62. The van der Waals surface area contributed by atoms with Crippen LogP contribution in [0.4, 0.5) is 13.2 Å². The third-order valence-corrected chi connectivity index (χ3v) is 2.42. The predicted octanol–water partition coefficient (Wildman–Crippen LogP) is 1.30. The first-order valence-corrected chi connectivity index (χ1v) is 4.35. The Morgan fingerprint density at radius 1 is 1.50 bits per heavy atom. The summed E-state index contributed by atoms with van der Waals surface area (Å²) in [5.41, 5.74) is -0.972. The van der Waals surface area contributed by atoms with E-state index >= 15 is 0 Å². The maximum Gasteiger partial charge on any atom is 0.435 e. The Morgan fingerprint density at radius 3 is 2.71 bits per heavy atom. The summed E-state index contributed by atoms with van der Waals surface area (Å²) < 4.78 is 37.4. The van der Waals surface area contributed by atoms with Crippen molar-refractivity contribution in [3.05, 3.63) is 16.9 Å². The number of aromatic nitrogens is 3. The van der Waals surface area contributed by atoms with Crippen LogP contribution in [0.1, 0.15) is 10.7 Å². The number of hydrogen-bond acceptors (Lipinski definition) is 4. The fraction of sp³-hybridized carbons (Fsp3) is 0.333. The van der Waals surface area contributed by atoms with E-state index in [1.165, 1.54) is 0 Å². The quantitative estimate of drug-likeness (QED) is 0.792. The van der Waals surface area contributed by atoms with Crippen molar-refractivity contribution >= 4 is 16.3 Å². The van der Waals surface area contributed by atoms with E-state index in [2.05, 4.69) is 10.1 Å². The van der Waals surface area contributed by atoms with Gasteiger partial charge in [0.1, 0.15) is 5.01 Å². The van der Waals surface area contributed by atoms with Crippen molar-refractivity contribution in [1.82, 2.24) is 14.6 Å². The van der Waals surface area contributed by atoms with E-state index in [0.717, 1.165) is 22.0 Å². The molecule has 1 N–H and O–H groups in total. The fourth-order valence-corrected chi connectivity index (χ4v) is 1.68. The van der Waals surface area contributed by atoms with Gasteiger partial charge in [0, 0.05) is 0 Å². The van der Waals surface area contributed by atoms with Gasteiger partial charge in [-0.25, -0.2) is 9.50 Å². The van der Waals surface area contributed by atoms with E-state index in [4.69, 9.17) is 5.11 Å². The van der Waals surface area contributed by atoms with E-state index in [1.807, 2.05) is 0 Å². The molecule has 0 fully saturated rings. The SMILES string of the molecule is OCc1nn2cc(C(F)(F)F)nc2s1. The molecule has 0 saturated carbocycles. The molecule has 2 aromatic heterocycles. The largest absolute Gasteiger partial charge is 0.435 e. The molecular formula is C6H4F3N3OS. The normalized spacial score (nSPS) is 12.6. The molecule has 0 aliphatic rings. The molecule has 2 heterocycles. The van der Waals surface area contributed by atoms with Gasteiger partial charge >= 0.3 is 6.18 Å². The van der Waals surface area contributed by atoms with Crippen LogP contribution in [-0.2, 0) is 12.8 Å². The zero-order chi connectivity index (χ0) is 10.3. The third kappa shape index (κ3) is 1.46. The van der Waals surface area contributed by atoms with Crippen LogP contribution < -0.4 is 0 Å². The van der Waals surface area contributed by atoms with Crippen LogP contribution in [0.25, 0.3) is 4.96 Å². The number of halogens is 3. The number of nitrogens with zero attached hydrogens (tertiary/aromatic N) is 3. The highest BCUT2D eigenvalue weighted by molar-refractivity contribution is 7.16. The van der Waals surface area contributed by atoms with Crippen molar-refractivity contribution in [2.45, 2.75) is 12.8 Å². The second-order valence-electron chi connectivity index (χ2n) is 2.50. The summed E-state index contributed by atoms with van der Waals surface area (Å²) in [6, 6.07) is 0. The fourth-order valence-electron chi connectivity index (χ4n) is 0.942. The summed E-state index contributed by atoms with van der Waals surface area (Å²) in [5, 5.41) is 12.7. The highest BCUT2D eigenvalue weighted by Crippen LogP contribution is 2.29. The molecule has 0 radical (unpaired) electrons. The molecule has 0 amide bonds. The molecule has 0 aliphatic heterocycles. The number of hydrogen-bond donors (Lipinski definition) is 1. The smallest absolute Gasteiger partial charge is 0.389 e. The molecule has 2 rings (SSSR count). The molecule has 0 bridgehead atoms. The number of aliphatic hydroxyl groups excluding tert-OH is 1. The average molecular weight is 223 g/mol. The summed E-state index contributed by atoms with van der Waals surface area (Å²) in [6.07, 6.45) is -3.65. The van der Waals surface area contributed by atoms with E-state index < -0.39 is 11.9 Å². The lowest BCUT2D eigenvalue weighted by molar-refractivity contribution is -0.140. The van der Waals surface area contributed by atoms with Crippen molar-refractivity contribution in [1.29, 1.82) is 0 Å². The van der Waals surface area contributed by atoms with E-state index in [-0.39, 0.29) is 11.6 Å². The molecular weight excluding hydrogens is 219 g/mol. The van der Waals surface area contributed by atoms with Gasteiger partial charge in [-0.15, -0.1) is 0 Å². The van der Waals surface area contributed by atoms with Crippen molar-refractivity contribution in [2.75, 3.05) is 0 Å². The molecule has 0 spiro atoms. The molecule has 0 aromatic carbocycles. The van der Waals surface area contributed by atoms with Crippen LogP contribution in [0, 0.1) is 0 Å². The van der Waals surface area contributed by atoms with Gasteiger partial charge in [-0.05, 0) is 0 Å². The second-order valence-corrected chi connectivity index (χ2v) is 3.55. The minimum absolute atomic E-state index is 0.126. The Kier molecular flexibility index (Phi) is 1.96. The Balaban J connectivity index is 2.49. The van der Waals surface area contributed by atoms with Gasteiger partial charge in [0.05, 0.1) is 12.8 Å². The van der Waals surface area contributed by atoms with Crippen LogP contribution in [0.15, 0.2) is 6.20 Å². The summed E-state index contributed by atoms with van der Waals surface area (Å²) >= 11 is 0.925. The molecule has 14 heavy (non-hydrogen) atoms. The third-order valence-electron chi connectivity index (χ3n) is 1.51. The average Bonchev–Trinajstić information content (AvgIpc) is 2.56. The Bertz CT molecular complexity index is 429. The Morgan fingerprint density at radius 2 is 2.21 bits per heavy atom. The minimum Gasteiger partial charge on any atom is -0.389 e. The van der Waals surface area contributed by atoms with Gasteiger partial charge in [-0.2, -0.15) is 18.3 Å². The molecule has 8 heteroatoms. The van der Waals surface area contributed by atoms with E-state index in [9.17, 15) is 13.2 Å². The first kappa shape index (κ1) is 9.41. The Labute approximate surface area is 79.6 Å².